The molecule has 1 aromatic heterocycles. The summed E-state index contributed by atoms with van der Waals surface area (Å²) in [5.74, 6) is -1.70. The van der Waals surface area contributed by atoms with E-state index < -0.39 is 109 Å². The number of phosphoric ester groups is 2. The van der Waals surface area contributed by atoms with E-state index in [2.05, 4.69) is 42.8 Å². The third-order valence-corrected chi connectivity index (χ3v) is 13.8. The Bertz CT molecular complexity index is 2050. The largest absolute Gasteiger partial charge is 0.490 e. The van der Waals surface area contributed by atoms with Gasteiger partial charge in [-0.3, -0.25) is 13.6 Å². The van der Waals surface area contributed by atoms with Gasteiger partial charge in [0, 0.05) is 25.2 Å². The van der Waals surface area contributed by atoms with E-state index in [-0.39, 0.29) is 16.4 Å². The van der Waals surface area contributed by atoms with Gasteiger partial charge < -0.3 is 65.0 Å². The van der Waals surface area contributed by atoms with Crippen LogP contribution in [0.4, 0.5) is 19.0 Å². The van der Waals surface area contributed by atoms with Gasteiger partial charge >= 0.3 is 46.9 Å². The molecule has 28 nitrogen and oxygen atoms in total. The lowest BCUT2D eigenvalue weighted by Crippen LogP contribution is -2.38. The second kappa shape index (κ2) is 17.7. The molecule has 0 radical (unpaired) electrons. The van der Waals surface area contributed by atoms with Crippen molar-refractivity contribution in [1.82, 2.24) is 14.5 Å². The lowest BCUT2D eigenvalue weighted by atomic mass is 10.2. The second-order valence-electron chi connectivity index (χ2n) is 10.1. The summed E-state index contributed by atoms with van der Waals surface area (Å²) in [5, 5.41) is 0. The first-order valence-corrected chi connectivity index (χ1v) is 23.0. The van der Waals surface area contributed by atoms with E-state index in [9.17, 15) is 50.3 Å². The van der Waals surface area contributed by atoms with Crippen LogP contribution in [0.5, 0.6) is 0 Å². The van der Waals surface area contributed by atoms with E-state index in [4.69, 9.17) is 62.5 Å². The van der Waals surface area contributed by atoms with Crippen molar-refractivity contribution in [3.05, 3.63) is 41.5 Å². The summed E-state index contributed by atoms with van der Waals surface area (Å²) < 4.78 is 143. The molecule has 4 rings (SSSR count). The number of hydrogen-bond acceptors (Lipinski definition) is 20. The maximum atomic E-state index is 14.2. The topological polar surface area (TPSA) is 424 Å². The second-order valence-corrected chi connectivity index (χ2v) is 19.3. The van der Waals surface area contributed by atoms with Crippen molar-refractivity contribution in [2.75, 3.05) is 5.73 Å². The molecule has 314 valence electrons. The third kappa shape index (κ3) is 15.2. The predicted molar refractivity (Wildman–Crippen MR) is 171 cm³/mol. The van der Waals surface area contributed by atoms with Crippen molar-refractivity contribution in [2.24, 2.45) is 10.7 Å². The van der Waals surface area contributed by atoms with Gasteiger partial charge in [0.1, 0.15) is 11.6 Å². The standard InChI is InChI=1S/C9H14F2N3O11P3.C8H13FN3O11P3S/c1-4-13-8(12)6(11)3-14(4)9-5(10)2-7(22-9)23-27(18,19)25-28(20,21)24-26(15,16)17;9-4-3-6(20-7(4)12-2-1-5(10)11-8(12)27)21-25(16,17)23-26(18,19)22-24(13,14)15/h3,5,7,9H,1-2H2,(H2,12,13)(H,18,19)(H,20,21)(H2,15,16,17);1-2,4,6-7H,3H2,(H,16,17)(H,18,19)(H2,10,11,27)(H2,13,14,15)/t5?,7-,9-;4?,6-,7-/m11/s1. The zero-order chi connectivity index (χ0) is 42.1. The van der Waals surface area contributed by atoms with Crippen LogP contribution >= 0.6 is 59.2 Å². The van der Waals surface area contributed by atoms with Gasteiger partial charge in [-0.1, -0.05) is 6.58 Å². The van der Waals surface area contributed by atoms with Crippen LogP contribution in [0.1, 0.15) is 19.1 Å². The van der Waals surface area contributed by atoms with E-state index in [0.717, 1.165) is 15.7 Å². The number of alkyl halides is 2. The van der Waals surface area contributed by atoms with Gasteiger partial charge in [0.25, 0.3) is 0 Å². The summed E-state index contributed by atoms with van der Waals surface area (Å²) in [6.45, 7) is 3.41. The molecular formula is C17H27F3N6O22P6S. The van der Waals surface area contributed by atoms with E-state index in [1.165, 1.54) is 12.3 Å². The Balaban J connectivity index is 0.000000296. The molecule has 4 heterocycles. The number of nitrogens with two attached hydrogens (primary N) is 2. The Morgan fingerprint density at radius 1 is 0.782 bits per heavy atom. The van der Waals surface area contributed by atoms with Crippen LogP contribution in [0, 0.1) is 4.77 Å². The molecule has 0 spiro atoms. The predicted octanol–water partition coefficient (Wildman–Crippen LogP) is 1.82. The van der Waals surface area contributed by atoms with Gasteiger partial charge in [-0.25, -0.2) is 50.5 Å². The van der Waals surface area contributed by atoms with Crippen molar-refractivity contribution < 1.29 is 115 Å². The quantitative estimate of drug-likeness (QED) is 0.0939. The normalized spacial score (nSPS) is 29.1. The molecule has 10 atom stereocenters. The van der Waals surface area contributed by atoms with Crippen LogP contribution in [-0.2, 0) is 63.2 Å². The Morgan fingerprint density at radius 2 is 1.22 bits per heavy atom. The molecule has 55 heavy (non-hydrogen) atoms. The maximum Gasteiger partial charge on any atom is 0.490 e. The number of nitrogen functional groups attached to an aromatic ring is 1. The van der Waals surface area contributed by atoms with Crippen LogP contribution in [0.15, 0.2) is 41.7 Å². The molecule has 6 unspecified atom stereocenters. The average Bonchev–Trinajstić information content (AvgIpc) is 3.46. The molecule has 0 aromatic carbocycles. The summed E-state index contributed by atoms with van der Waals surface area (Å²) in [4.78, 5) is 78.7. The van der Waals surface area contributed by atoms with Gasteiger partial charge in [0.15, 0.2) is 49.0 Å². The third-order valence-electron chi connectivity index (χ3n) is 5.81. The van der Waals surface area contributed by atoms with Crippen LogP contribution in [0.2, 0.25) is 0 Å². The first-order valence-electron chi connectivity index (χ1n) is 13.5. The number of halogens is 3. The molecule has 1 aromatic rings. The minimum absolute atomic E-state index is 0.0643. The minimum Gasteiger partial charge on any atom is -0.384 e. The summed E-state index contributed by atoms with van der Waals surface area (Å²) >= 11 is 4.89. The van der Waals surface area contributed by atoms with Gasteiger partial charge in [0.2, 0.25) is 4.77 Å². The van der Waals surface area contributed by atoms with Gasteiger partial charge in [-0.15, -0.1) is 0 Å². The zero-order valence-electron chi connectivity index (χ0n) is 26.3. The van der Waals surface area contributed by atoms with Crippen LogP contribution < -0.4 is 11.5 Å². The summed E-state index contributed by atoms with van der Waals surface area (Å²) in [7, 11) is -33.5. The number of rotatable bonds is 14. The number of hydrogen-bond donors (Lipinski definition) is 10. The lowest BCUT2D eigenvalue weighted by Gasteiger charge is -2.30. The highest BCUT2D eigenvalue weighted by Gasteiger charge is 2.48. The van der Waals surface area contributed by atoms with Crippen molar-refractivity contribution in [3.63, 3.8) is 0 Å². The summed E-state index contributed by atoms with van der Waals surface area (Å²) in [5.41, 5.74) is 10.7. The van der Waals surface area contributed by atoms with E-state index in [1.807, 2.05) is 0 Å². The molecular weight excluding hydrogens is 915 g/mol. The number of aliphatic imine (C=N–C) groups is 1. The molecule has 0 saturated carbocycles. The first kappa shape index (κ1) is 47.8. The van der Waals surface area contributed by atoms with Gasteiger partial charge in [-0.05, 0) is 18.3 Å². The summed E-state index contributed by atoms with van der Waals surface area (Å²) in [6.07, 6.45) is -9.70. The van der Waals surface area contributed by atoms with Crippen molar-refractivity contribution in [3.8, 4) is 0 Å². The number of ether oxygens (including phenoxy) is 2. The molecule has 0 amide bonds. The lowest BCUT2D eigenvalue weighted by molar-refractivity contribution is -0.120. The zero-order valence-corrected chi connectivity index (χ0v) is 32.5. The molecule has 3 aliphatic heterocycles. The Kier molecular flexibility index (Phi) is 15.4. The van der Waals surface area contributed by atoms with Gasteiger partial charge in [0.05, 0.1) is 0 Å². The van der Waals surface area contributed by atoms with Gasteiger partial charge in [-0.2, -0.15) is 17.2 Å². The fraction of sp³-hybridized carbons (Fsp3) is 0.471. The minimum atomic E-state index is -5.74. The number of anilines is 1. The molecule has 12 N–H and O–H groups in total. The Labute approximate surface area is 308 Å². The molecule has 0 bridgehead atoms. The van der Waals surface area contributed by atoms with Crippen molar-refractivity contribution in [1.29, 1.82) is 0 Å². The number of phosphoric acid groups is 6. The number of amidine groups is 1. The van der Waals surface area contributed by atoms with E-state index in [0.29, 0.717) is 0 Å². The van der Waals surface area contributed by atoms with Crippen molar-refractivity contribution >= 4 is 70.8 Å². The van der Waals surface area contributed by atoms with Crippen LogP contribution in [0.3, 0.4) is 0 Å². The Hall–Kier alpha value is -1.62. The fourth-order valence-electron chi connectivity index (χ4n) is 4.06. The number of aromatic nitrogens is 2. The highest BCUT2D eigenvalue weighted by Crippen LogP contribution is 2.68. The SMILES string of the molecule is C=C1N=C(N)C(F)=CN1[C@@H]1O[C@H](OP(=O)(O)OP(=O)(O)OP(=O)(O)O)CC1F.Nc1ccn([C@@H]2O[C@H](OP(=O)(O)OP(=O)(O)OP(=O)(O)O)CC2F)c(=S)n1. The van der Waals surface area contributed by atoms with Crippen LogP contribution in [-0.4, -0.2) is 90.6 Å². The summed E-state index contributed by atoms with van der Waals surface area (Å²) in [6, 6.07) is 1.29. The van der Waals surface area contributed by atoms with E-state index >= 15 is 0 Å². The molecule has 3 aliphatic rings. The molecule has 2 fully saturated rings. The van der Waals surface area contributed by atoms with Crippen molar-refractivity contribution in [2.45, 2.75) is 50.2 Å². The average molecular weight is 942 g/mol. The van der Waals surface area contributed by atoms with Crippen LogP contribution in [0.25, 0.3) is 0 Å². The maximum absolute atomic E-state index is 14.2. The molecule has 0 aliphatic carbocycles. The smallest absolute Gasteiger partial charge is 0.384 e. The Morgan fingerprint density at radius 3 is 1.65 bits per heavy atom. The molecule has 2 saturated heterocycles. The fourth-order valence-corrected chi connectivity index (χ4v) is 10.5. The molecule has 38 heteroatoms. The number of nitrogens with zero attached hydrogens (tertiary/aromatic N) is 4. The monoisotopic (exact) mass is 942 g/mol. The van der Waals surface area contributed by atoms with E-state index in [1.54, 1.807) is 0 Å². The highest BCUT2D eigenvalue weighted by molar-refractivity contribution is 7.71. The highest BCUT2D eigenvalue weighted by atomic mass is 32.1. The first-order chi connectivity index (χ1) is 24.8.